The maximum Gasteiger partial charge on any atom is 0.220 e. The number of fused-ring (bicyclic) bond motifs is 4. The summed E-state index contributed by atoms with van der Waals surface area (Å²) in [6.45, 7) is 0.191. The average Bonchev–Trinajstić information content (AvgIpc) is 2.71. The monoisotopic (exact) mass is 318 g/mol. The van der Waals surface area contributed by atoms with Crippen molar-refractivity contribution in [1.82, 2.24) is 5.48 Å². The molecule has 7 heteroatoms. The average molecular weight is 318 g/mol. The van der Waals surface area contributed by atoms with Crippen molar-refractivity contribution in [2.24, 2.45) is 0 Å². The minimum absolute atomic E-state index is 0.00696. The Morgan fingerprint density at radius 2 is 2.04 bits per heavy atom. The molecular weight excluding hydrogens is 300 g/mol. The first-order valence-electron chi connectivity index (χ1n) is 7.32. The Labute approximate surface area is 133 Å². The number of hydroxylamine groups is 1. The van der Waals surface area contributed by atoms with Crippen LogP contribution >= 0.6 is 0 Å². The van der Waals surface area contributed by atoms with E-state index >= 15 is 0 Å². The zero-order chi connectivity index (χ0) is 16.4. The summed E-state index contributed by atoms with van der Waals surface area (Å²) in [7, 11) is 0. The van der Waals surface area contributed by atoms with Gasteiger partial charge in [-0.15, -0.1) is 0 Å². The number of benzene rings is 1. The van der Waals surface area contributed by atoms with Crippen molar-refractivity contribution in [3.8, 4) is 6.07 Å². The molecule has 2 aliphatic heterocycles. The predicted molar refractivity (Wildman–Crippen MR) is 78.1 cm³/mol. The summed E-state index contributed by atoms with van der Waals surface area (Å²) in [4.78, 5) is 5.42. The summed E-state index contributed by atoms with van der Waals surface area (Å²) in [6, 6.07) is 11.3. The molecule has 1 fully saturated rings. The van der Waals surface area contributed by atoms with Crippen LogP contribution in [0.25, 0.3) is 0 Å². The molecule has 1 aliphatic carbocycles. The lowest BCUT2D eigenvalue weighted by Crippen LogP contribution is -2.65. The second kappa shape index (κ2) is 6.28. The molecule has 23 heavy (non-hydrogen) atoms. The van der Waals surface area contributed by atoms with Gasteiger partial charge in [-0.3, -0.25) is 4.84 Å². The van der Waals surface area contributed by atoms with Crippen LogP contribution < -0.4 is 5.48 Å². The Morgan fingerprint density at radius 3 is 2.74 bits per heavy atom. The number of aliphatic hydroxyl groups is 3. The van der Waals surface area contributed by atoms with Crippen LogP contribution in [0.5, 0.6) is 0 Å². The largest absolute Gasteiger partial charge is 0.466 e. The van der Waals surface area contributed by atoms with Crippen LogP contribution in [0, 0.1) is 11.3 Å². The van der Waals surface area contributed by atoms with Gasteiger partial charge in [0, 0.05) is 12.8 Å². The van der Waals surface area contributed by atoms with E-state index in [0.29, 0.717) is 0 Å². The fourth-order valence-corrected chi connectivity index (χ4v) is 2.93. The molecule has 1 saturated heterocycles. The van der Waals surface area contributed by atoms with E-state index in [9.17, 15) is 20.6 Å². The first kappa shape index (κ1) is 15.9. The van der Waals surface area contributed by atoms with Gasteiger partial charge in [0.15, 0.2) is 0 Å². The molecule has 4 unspecified atom stereocenters. The number of hydrogen-bond donors (Lipinski definition) is 4. The molecular formula is C16H18N2O5. The molecule has 2 heterocycles. The van der Waals surface area contributed by atoms with Gasteiger partial charge in [-0.2, -0.15) is 10.7 Å². The Kier molecular flexibility index (Phi) is 4.35. The van der Waals surface area contributed by atoms with Gasteiger partial charge in [0.2, 0.25) is 6.29 Å². The van der Waals surface area contributed by atoms with Gasteiger partial charge in [0.1, 0.15) is 17.4 Å². The van der Waals surface area contributed by atoms with Crippen LogP contribution in [0.3, 0.4) is 0 Å². The highest BCUT2D eigenvalue weighted by molar-refractivity contribution is 5.34. The van der Waals surface area contributed by atoms with E-state index in [0.717, 1.165) is 5.56 Å². The van der Waals surface area contributed by atoms with Gasteiger partial charge < -0.3 is 20.1 Å². The van der Waals surface area contributed by atoms with Crippen LogP contribution in [-0.4, -0.2) is 39.4 Å². The number of nitrogens with one attached hydrogen (secondary N) is 1. The van der Waals surface area contributed by atoms with E-state index in [1.54, 1.807) is 0 Å². The van der Waals surface area contributed by atoms with E-state index in [1.807, 2.05) is 36.4 Å². The topological polar surface area (TPSA) is 115 Å². The minimum atomic E-state index is -1.50. The summed E-state index contributed by atoms with van der Waals surface area (Å²) in [6.07, 6.45) is -3.97. The third-order valence-electron chi connectivity index (χ3n) is 4.27. The van der Waals surface area contributed by atoms with Crippen LogP contribution in [0.2, 0.25) is 0 Å². The molecule has 7 nitrogen and oxygen atoms in total. The van der Waals surface area contributed by atoms with Gasteiger partial charge in [0.25, 0.3) is 0 Å². The molecule has 0 saturated carbocycles. The van der Waals surface area contributed by atoms with Crippen molar-refractivity contribution in [2.75, 3.05) is 0 Å². The SMILES string of the molecule is N#CC1=C2CC(O)C(O)C(NOCc3ccccc3)(C1)C(O)O2. The van der Waals surface area contributed by atoms with Crippen LogP contribution in [0.1, 0.15) is 18.4 Å². The number of nitriles is 1. The molecule has 1 aromatic carbocycles. The molecule has 4 rings (SSSR count). The molecule has 4 atom stereocenters. The minimum Gasteiger partial charge on any atom is -0.466 e. The molecule has 0 radical (unpaired) electrons. The summed E-state index contributed by atoms with van der Waals surface area (Å²) < 4.78 is 5.31. The van der Waals surface area contributed by atoms with Crippen LogP contribution in [0.15, 0.2) is 41.7 Å². The fraction of sp³-hybridized carbons (Fsp3) is 0.438. The number of nitrogens with zero attached hydrogens (tertiary/aromatic N) is 1. The molecule has 1 aromatic rings. The zero-order valence-electron chi connectivity index (χ0n) is 12.3. The van der Waals surface area contributed by atoms with Gasteiger partial charge in [0.05, 0.1) is 24.4 Å². The summed E-state index contributed by atoms with van der Waals surface area (Å²) in [5, 5.41) is 39.9. The Morgan fingerprint density at radius 1 is 1.30 bits per heavy atom. The first-order valence-corrected chi connectivity index (χ1v) is 7.32. The molecule has 3 aliphatic rings. The smallest absolute Gasteiger partial charge is 0.220 e. The number of aliphatic hydroxyl groups excluding tert-OH is 3. The van der Waals surface area contributed by atoms with Crippen molar-refractivity contribution in [2.45, 2.75) is 43.5 Å². The predicted octanol–water partition coefficient (Wildman–Crippen LogP) is 0.0885. The number of hydrogen-bond acceptors (Lipinski definition) is 7. The van der Waals surface area contributed by atoms with E-state index in [2.05, 4.69) is 5.48 Å². The highest BCUT2D eigenvalue weighted by Gasteiger charge is 2.56. The third-order valence-corrected chi connectivity index (χ3v) is 4.27. The van der Waals surface area contributed by atoms with E-state index in [1.165, 1.54) is 0 Å². The quantitative estimate of drug-likeness (QED) is 0.582. The van der Waals surface area contributed by atoms with Gasteiger partial charge in [-0.25, -0.2) is 0 Å². The highest BCUT2D eigenvalue weighted by atomic mass is 16.7. The lowest BCUT2D eigenvalue weighted by Gasteiger charge is -2.41. The van der Waals surface area contributed by atoms with Gasteiger partial charge in [-0.1, -0.05) is 30.3 Å². The van der Waals surface area contributed by atoms with Gasteiger partial charge in [-0.05, 0) is 5.56 Å². The lowest BCUT2D eigenvalue weighted by molar-refractivity contribution is -0.212. The summed E-state index contributed by atoms with van der Waals surface area (Å²) in [5.74, 6) is 0.213. The van der Waals surface area contributed by atoms with Crippen molar-refractivity contribution in [3.63, 3.8) is 0 Å². The number of ether oxygens (including phenoxy) is 1. The second-order valence-corrected chi connectivity index (χ2v) is 5.79. The first-order chi connectivity index (χ1) is 11.1. The molecule has 2 bridgehead atoms. The zero-order valence-corrected chi connectivity index (χ0v) is 12.3. The Hall–Kier alpha value is -1.95. The van der Waals surface area contributed by atoms with Gasteiger partial charge >= 0.3 is 0 Å². The maximum atomic E-state index is 10.4. The van der Waals surface area contributed by atoms with Crippen LogP contribution in [0.4, 0.5) is 0 Å². The maximum absolute atomic E-state index is 10.4. The summed E-state index contributed by atoms with van der Waals surface area (Å²) >= 11 is 0. The lowest BCUT2D eigenvalue weighted by atomic mass is 9.84. The number of rotatable bonds is 4. The summed E-state index contributed by atoms with van der Waals surface area (Å²) in [5.41, 5.74) is 2.31. The van der Waals surface area contributed by atoms with Crippen LogP contribution in [-0.2, 0) is 16.2 Å². The highest BCUT2D eigenvalue weighted by Crippen LogP contribution is 2.40. The standard InChI is InChI=1S/C16H18N2O5/c17-8-11-7-16(18-22-9-10-4-2-1-3-5-10)14(20)12(19)6-13(11)23-15(16)21/h1-5,12,14-15,18-21H,6-7,9H2. The van der Waals surface area contributed by atoms with E-state index in [4.69, 9.17) is 9.57 Å². The van der Waals surface area contributed by atoms with Crippen molar-refractivity contribution >= 4 is 0 Å². The second-order valence-electron chi connectivity index (χ2n) is 5.79. The molecule has 0 aromatic heterocycles. The molecule has 122 valence electrons. The molecule has 0 amide bonds. The van der Waals surface area contributed by atoms with E-state index < -0.39 is 24.0 Å². The van der Waals surface area contributed by atoms with Crippen molar-refractivity contribution < 1.29 is 24.9 Å². The Balaban J connectivity index is 1.79. The fourth-order valence-electron chi connectivity index (χ4n) is 2.93. The Bertz CT molecular complexity index is 642. The molecule has 4 N–H and O–H groups in total. The van der Waals surface area contributed by atoms with Crippen molar-refractivity contribution in [1.29, 1.82) is 5.26 Å². The van der Waals surface area contributed by atoms with E-state index in [-0.39, 0.29) is 30.8 Å². The normalized spacial score (nSPS) is 33.0. The third kappa shape index (κ3) is 2.83. The van der Waals surface area contributed by atoms with Crippen molar-refractivity contribution in [3.05, 3.63) is 47.2 Å². The molecule has 0 spiro atoms.